The molecule has 7 aliphatic rings. The predicted molar refractivity (Wildman–Crippen MR) is 224 cm³/mol. The lowest BCUT2D eigenvalue weighted by Gasteiger charge is -2.72. The first kappa shape index (κ1) is 46.5. The SMILES string of the molecule is CC1(C)C[C@@H]2C3=CC[C@@H]4[C@@]5(C)CC[C@H](O[C@H]6OC[C@H](O)[C@H](O[C@@H]7O[C@H](CO)[C@@H](O)[C@H](O)[C@H]7O)[C@H]6O)C(C)(C)[C@@H]5CC[C@@]4(C)[C@]3(C)C[C@H](O)[C@@]2(CO)[C@H](OC(=O)c2ccccc2)C1. The molecule has 0 unspecified atom stereocenters. The van der Waals surface area contributed by atoms with Crippen LogP contribution in [0.25, 0.3) is 0 Å². The van der Waals surface area contributed by atoms with E-state index in [0.29, 0.717) is 24.8 Å². The lowest BCUT2D eigenvalue weighted by molar-refractivity contribution is -0.357. The molecule has 8 N–H and O–H groups in total. The minimum absolute atomic E-state index is 0.117. The van der Waals surface area contributed by atoms with E-state index in [1.54, 1.807) is 24.3 Å². The molecule has 2 aliphatic heterocycles. The molecule has 19 atom stereocenters. The zero-order chi connectivity index (χ0) is 44.9. The van der Waals surface area contributed by atoms with Gasteiger partial charge in [-0.05, 0) is 108 Å². The van der Waals surface area contributed by atoms with Crippen LogP contribution in [-0.4, -0.2) is 140 Å². The summed E-state index contributed by atoms with van der Waals surface area (Å²) in [6, 6.07) is 8.92. The van der Waals surface area contributed by atoms with Crippen molar-refractivity contribution in [3.05, 3.63) is 47.5 Å². The maximum absolute atomic E-state index is 13.6. The third-order valence-electron chi connectivity index (χ3n) is 18.2. The number of fused-ring (bicyclic) bond motifs is 7. The molecule has 348 valence electrons. The Bertz CT molecular complexity index is 1820. The fraction of sp³-hybridized carbons (Fsp3) is 0.812. The van der Waals surface area contributed by atoms with E-state index in [-0.39, 0.29) is 64.1 Å². The van der Waals surface area contributed by atoms with E-state index >= 15 is 0 Å². The fourth-order valence-corrected chi connectivity index (χ4v) is 14.6. The van der Waals surface area contributed by atoms with E-state index in [2.05, 4.69) is 54.5 Å². The molecular formula is C48H72O14. The zero-order valence-corrected chi connectivity index (χ0v) is 37.4. The second kappa shape index (κ2) is 16.4. The van der Waals surface area contributed by atoms with Gasteiger partial charge in [-0.3, -0.25) is 0 Å². The van der Waals surface area contributed by atoms with Crippen molar-refractivity contribution in [1.82, 2.24) is 0 Å². The summed E-state index contributed by atoms with van der Waals surface area (Å²) < 4.78 is 30.3. The number of hydrogen-bond acceptors (Lipinski definition) is 14. The molecule has 1 aromatic rings. The number of allylic oxidation sites excluding steroid dienone is 2. The van der Waals surface area contributed by atoms with Gasteiger partial charge in [0.05, 0.1) is 43.0 Å². The summed E-state index contributed by atoms with van der Waals surface area (Å²) in [5, 5.41) is 87.2. The second-order valence-electron chi connectivity index (χ2n) is 22.2. The molecule has 2 heterocycles. The molecule has 0 aromatic heterocycles. The van der Waals surface area contributed by atoms with E-state index in [4.69, 9.17) is 23.7 Å². The Morgan fingerprint density at radius 2 is 1.48 bits per heavy atom. The maximum Gasteiger partial charge on any atom is 0.338 e. The fourth-order valence-electron chi connectivity index (χ4n) is 14.6. The van der Waals surface area contributed by atoms with Crippen molar-refractivity contribution in [2.45, 2.75) is 173 Å². The van der Waals surface area contributed by atoms with E-state index in [1.807, 2.05) is 6.07 Å². The van der Waals surface area contributed by atoms with E-state index in [9.17, 15) is 45.6 Å². The first-order valence-electron chi connectivity index (χ1n) is 22.9. The van der Waals surface area contributed by atoms with Crippen LogP contribution >= 0.6 is 0 Å². The molecule has 0 radical (unpaired) electrons. The number of rotatable bonds is 8. The number of hydrogen-bond donors (Lipinski definition) is 8. The monoisotopic (exact) mass is 872 g/mol. The Labute approximate surface area is 365 Å². The van der Waals surface area contributed by atoms with Crippen LogP contribution in [0.5, 0.6) is 0 Å². The van der Waals surface area contributed by atoms with Gasteiger partial charge in [-0.2, -0.15) is 0 Å². The molecule has 62 heavy (non-hydrogen) atoms. The molecule has 0 bridgehead atoms. The Morgan fingerprint density at radius 3 is 2.16 bits per heavy atom. The zero-order valence-electron chi connectivity index (χ0n) is 37.4. The summed E-state index contributed by atoms with van der Waals surface area (Å²) >= 11 is 0. The van der Waals surface area contributed by atoms with Gasteiger partial charge in [0.1, 0.15) is 48.8 Å². The summed E-state index contributed by atoms with van der Waals surface area (Å²) in [7, 11) is 0. The van der Waals surface area contributed by atoms with Crippen molar-refractivity contribution >= 4 is 5.97 Å². The van der Waals surface area contributed by atoms with Gasteiger partial charge in [-0.1, -0.05) is 78.3 Å². The van der Waals surface area contributed by atoms with Crippen molar-refractivity contribution in [1.29, 1.82) is 0 Å². The van der Waals surface area contributed by atoms with Gasteiger partial charge < -0.3 is 64.5 Å². The average molecular weight is 873 g/mol. The molecule has 1 aromatic carbocycles. The number of aliphatic hydroxyl groups excluding tert-OH is 8. The molecular weight excluding hydrogens is 801 g/mol. The molecule has 4 saturated carbocycles. The molecule has 14 heteroatoms. The summed E-state index contributed by atoms with van der Waals surface area (Å²) in [5.41, 5.74) is -0.596. The van der Waals surface area contributed by atoms with Crippen LogP contribution in [0.15, 0.2) is 42.0 Å². The highest BCUT2D eigenvalue weighted by molar-refractivity contribution is 5.89. The summed E-state index contributed by atoms with van der Waals surface area (Å²) in [5.74, 6) is -0.139. The Morgan fingerprint density at radius 1 is 0.774 bits per heavy atom. The van der Waals surface area contributed by atoms with Crippen molar-refractivity contribution in [2.75, 3.05) is 19.8 Å². The van der Waals surface area contributed by atoms with Gasteiger partial charge in [0.25, 0.3) is 0 Å². The van der Waals surface area contributed by atoms with Crippen LogP contribution in [0.2, 0.25) is 0 Å². The van der Waals surface area contributed by atoms with Crippen molar-refractivity contribution in [3.8, 4) is 0 Å². The van der Waals surface area contributed by atoms with Gasteiger partial charge in [-0.25, -0.2) is 4.79 Å². The standard InChI is InChI=1S/C48H72O14/c1-43(2)19-27-26-13-14-31-45(5)17-16-33(61-41-38(56)39(28(51)23-58-41)62-42-37(55)36(54)35(53)29(22-49)59-42)44(3,4)30(45)15-18-46(31,6)47(26,7)20-32(52)48(27,24-50)34(21-43)60-40(57)25-11-9-8-10-12-25/h8-13,27-39,41-42,49-56H,14-24H2,1-7H3/t27-,28+,29-,30+,31-,32+,33+,34-,35-,36+,37-,38-,39+,41-,42+,45+,46-,47-,48+/m1/s1. The second-order valence-corrected chi connectivity index (χ2v) is 22.2. The highest BCUT2D eigenvalue weighted by Gasteiger charge is 2.72. The third kappa shape index (κ3) is 7.08. The van der Waals surface area contributed by atoms with Crippen molar-refractivity contribution in [2.24, 2.45) is 50.2 Å². The van der Waals surface area contributed by atoms with Crippen LogP contribution < -0.4 is 0 Å². The first-order chi connectivity index (χ1) is 29.1. The van der Waals surface area contributed by atoms with Crippen LogP contribution in [0, 0.1) is 50.2 Å². The average Bonchev–Trinajstić information content (AvgIpc) is 3.21. The van der Waals surface area contributed by atoms with Crippen LogP contribution in [0.3, 0.4) is 0 Å². The molecule has 6 fully saturated rings. The summed E-state index contributed by atoms with van der Waals surface area (Å²) in [4.78, 5) is 13.6. The largest absolute Gasteiger partial charge is 0.458 e. The topological polar surface area (TPSA) is 225 Å². The molecule has 8 rings (SSSR count). The molecule has 14 nitrogen and oxygen atoms in total. The lowest BCUT2D eigenvalue weighted by atomic mass is 9.33. The summed E-state index contributed by atoms with van der Waals surface area (Å²) in [6.45, 7) is 14.9. The number of aliphatic hydroxyl groups is 8. The van der Waals surface area contributed by atoms with Crippen molar-refractivity contribution in [3.63, 3.8) is 0 Å². The van der Waals surface area contributed by atoms with Crippen molar-refractivity contribution < 1.29 is 69.3 Å². The first-order valence-corrected chi connectivity index (χ1v) is 22.9. The Balaban J connectivity index is 1.02. The van der Waals surface area contributed by atoms with E-state index in [1.165, 1.54) is 5.57 Å². The normalized spacial score (nSPS) is 49.6. The predicted octanol–water partition coefficient (Wildman–Crippen LogP) is 3.24. The van der Waals surface area contributed by atoms with Gasteiger partial charge in [0.15, 0.2) is 12.6 Å². The maximum atomic E-state index is 13.6. The number of carbonyl (C=O) groups excluding carboxylic acids is 1. The molecule has 2 saturated heterocycles. The number of esters is 1. The smallest absolute Gasteiger partial charge is 0.338 e. The number of benzene rings is 1. The highest BCUT2D eigenvalue weighted by atomic mass is 16.7. The molecule has 5 aliphatic carbocycles. The van der Waals surface area contributed by atoms with Crippen LogP contribution in [0.4, 0.5) is 0 Å². The van der Waals surface area contributed by atoms with Crippen LogP contribution in [0.1, 0.15) is 110 Å². The quantitative estimate of drug-likeness (QED) is 0.107. The third-order valence-corrected chi connectivity index (χ3v) is 18.2. The van der Waals surface area contributed by atoms with E-state index in [0.717, 1.165) is 32.1 Å². The number of carbonyl (C=O) groups is 1. The van der Waals surface area contributed by atoms with E-state index < -0.39 is 85.5 Å². The van der Waals surface area contributed by atoms with Gasteiger partial charge in [-0.15, -0.1) is 0 Å². The van der Waals surface area contributed by atoms with Gasteiger partial charge in [0, 0.05) is 0 Å². The highest BCUT2D eigenvalue weighted by Crippen LogP contribution is 2.76. The Kier molecular flexibility index (Phi) is 12.3. The molecule has 0 amide bonds. The number of ether oxygens (including phenoxy) is 5. The van der Waals surface area contributed by atoms with Gasteiger partial charge >= 0.3 is 5.97 Å². The van der Waals surface area contributed by atoms with Crippen LogP contribution in [-0.2, 0) is 23.7 Å². The Hall–Kier alpha value is -2.05. The minimum atomic E-state index is -1.71. The van der Waals surface area contributed by atoms with Gasteiger partial charge in [0.2, 0.25) is 0 Å². The molecule has 0 spiro atoms. The summed E-state index contributed by atoms with van der Waals surface area (Å²) in [6.07, 6.45) is -6.62. The minimum Gasteiger partial charge on any atom is -0.458 e. The lowest BCUT2D eigenvalue weighted by Crippen LogP contribution is -2.69.